The first-order valence-electron chi connectivity index (χ1n) is 5.04. The third-order valence-corrected chi connectivity index (χ3v) is 2.33. The minimum Gasteiger partial charge on any atom is -0.383 e. The van der Waals surface area contributed by atoms with Crippen LogP contribution in [0.25, 0.3) is 11.1 Å². The zero-order chi connectivity index (χ0) is 11.5. The molecule has 0 saturated carbocycles. The van der Waals surface area contributed by atoms with Gasteiger partial charge in [0.1, 0.15) is 5.82 Å². The number of aromatic nitrogens is 3. The largest absolute Gasteiger partial charge is 0.383 e. The highest BCUT2D eigenvalue weighted by atomic mass is 15.0. The summed E-state index contributed by atoms with van der Waals surface area (Å²) in [7, 11) is 0. The zero-order valence-electron chi connectivity index (χ0n) is 9.01. The summed E-state index contributed by atoms with van der Waals surface area (Å²) in [6.07, 6.45) is 4.18. The smallest absolute Gasteiger partial charge is 0.222 e. The number of pyridine rings is 1. The van der Waals surface area contributed by atoms with Crippen LogP contribution in [-0.4, -0.2) is 15.0 Å². The lowest BCUT2D eigenvalue weighted by atomic mass is 10.0. The Morgan fingerprint density at radius 1 is 1.12 bits per heavy atom. The molecule has 2 heterocycles. The van der Waals surface area contributed by atoms with E-state index >= 15 is 0 Å². The van der Waals surface area contributed by atoms with Crippen molar-refractivity contribution in [2.24, 2.45) is 0 Å². The number of aryl methyl sites for hydroxylation is 1. The Labute approximate surface area is 93.6 Å². The van der Waals surface area contributed by atoms with Gasteiger partial charge < -0.3 is 11.5 Å². The Bertz CT molecular complexity index is 495. The molecule has 0 bridgehead atoms. The molecule has 0 spiro atoms. The molecule has 5 heteroatoms. The molecule has 2 rings (SSSR count). The van der Waals surface area contributed by atoms with Crippen molar-refractivity contribution in [3.05, 3.63) is 30.2 Å². The molecule has 0 aliphatic carbocycles. The van der Waals surface area contributed by atoms with E-state index in [1.54, 1.807) is 12.4 Å². The highest BCUT2D eigenvalue weighted by Crippen LogP contribution is 2.27. The molecule has 0 aromatic carbocycles. The van der Waals surface area contributed by atoms with Gasteiger partial charge in [-0.15, -0.1) is 0 Å². The van der Waals surface area contributed by atoms with E-state index in [-0.39, 0.29) is 5.95 Å². The third-order valence-electron chi connectivity index (χ3n) is 2.33. The van der Waals surface area contributed by atoms with Crippen LogP contribution in [-0.2, 0) is 6.42 Å². The Hall–Kier alpha value is -2.17. The van der Waals surface area contributed by atoms with Gasteiger partial charge in [-0.25, -0.2) is 4.98 Å². The van der Waals surface area contributed by atoms with Gasteiger partial charge in [-0.2, -0.15) is 4.98 Å². The van der Waals surface area contributed by atoms with Crippen molar-refractivity contribution in [2.75, 3.05) is 11.5 Å². The maximum atomic E-state index is 5.88. The molecule has 4 N–H and O–H groups in total. The van der Waals surface area contributed by atoms with Crippen LogP contribution in [0.15, 0.2) is 24.5 Å². The molecule has 5 nitrogen and oxygen atoms in total. The summed E-state index contributed by atoms with van der Waals surface area (Å²) in [6, 6.07) is 3.76. The molecule has 0 fully saturated rings. The Morgan fingerprint density at radius 2 is 1.81 bits per heavy atom. The van der Waals surface area contributed by atoms with E-state index in [1.807, 2.05) is 19.1 Å². The van der Waals surface area contributed by atoms with Crippen LogP contribution < -0.4 is 11.5 Å². The molecule has 82 valence electrons. The second-order valence-electron chi connectivity index (χ2n) is 3.38. The number of nitrogens with two attached hydrogens (primary N) is 2. The summed E-state index contributed by atoms with van der Waals surface area (Å²) >= 11 is 0. The summed E-state index contributed by atoms with van der Waals surface area (Å²) in [5.41, 5.74) is 14.1. The highest BCUT2D eigenvalue weighted by molar-refractivity contribution is 5.76. The number of rotatable bonds is 2. The Morgan fingerprint density at radius 3 is 2.44 bits per heavy atom. The topological polar surface area (TPSA) is 90.7 Å². The molecular weight excluding hydrogens is 202 g/mol. The maximum Gasteiger partial charge on any atom is 0.222 e. The third kappa shape index (κ3) is 1.79. The van der Waals surface area contributed by atoms with Gasteiger partial charge in [-0.3, -0.25) is 4.98 Å². The summed E-state index contributed by atoms with van der Waals surface area (Å²) in [4.78, 5) is 12.1. The summed E-state index contributed by atoms with van der Waals surface area (Å²) in [5, 5.41) is 0. The number of anilines is 2. The van der Waals surface area contributed by atoms with E-state index in [9.17, 15) is 0 Å². The molecule has 0 aliphatic rings. The fourth-order valence-electron chi connectivity index (χ4n) is 1.64. The molecule has 0 amide bonds. The van der Waals surface area contributed by atoms with Gasteiger partial charge in [-0.05, 0) is 24.1 Å². The normalized spacial score (nSPS) is 10.3. The van der Waals surface area contributed by atoms with Crippen molar-refractivity contribution in [1.29, 1.82) is 0 Å². The molecule has 0 aliphatic heterocycles. The van der Waals surface area contributed by atoms with E-state index < -0.39 is 0 Å². The first-order chi connectivity index (χ1) is 7.72. The van der Waals surface area contributed by atoms with Crippen molar-refractivity contribution in [2.45, 2.75) is 13.3 Å². The van der Waals surface area contributed by atoms with Crippen molar-refractivity contribution < 1.29 is 0 Å². The predicted octanol–water partition coefficient (Wildman–Crippen LogP) is 1.27. The van der Waals surface area contributed by atoms with Crippen LogP contribution >= 0.6 is 0 Å². The second-order valence-corrected chi connectivity index (χ2v) is 3.38. The first kappa shape index (κ1) is 10.4. The van der Waals surface area contributed by atoms with Crippen molar-refractivity contribution in [3.63, 3.8) is 0 Å². The van der Waals surface area contributed by atoms with Gasteiger partial charge in [0.15, 0.2) is 0 Å². The van der Waals surface area contributed by atoms with Crippen LogP contribution in [0.3, 0.4) is 0 Å². The molecule has 0 atom stereocenters. The lowest BCUT2D eigenvalue weighted by molar-refractivity contribution is 1.02. The van der Waals surface area contributed by atoms with E-state index in [0.29, 0.717) is 5.82 Å². The molecule has 2 aromatic rings. The number of nitrogen functional groups attached to an aromatic ring is 2. The monoisotopic (exact) mass is 215 g/mol. The average molecular weight is 215 g/mol. The Kier molecular flexibility index (Phi) is 2.68. The van der Waals surface area contributed by atoms with Crippen LogP contribution in [0.1, 0.15) is 12.6 Å². The van der Waals surface area contributed by atoms with E-state index in [4.69, 9.17) is 11.5 Å². The Balaban J connectivity index is 2.64. The van der Waals surface area contributed by atoms with Gasteiger partial charge in [0.05, 0.1) is 5.69 Å². The van der Waals surface area contributed by atoms with Gasteiger partial charge in [0.25, 0.3) is 0 Å². The van der Waals surface area contributed by atoms with Gasteiger partial charge in [0.2, 0.25) is 5.95 Å². The summed E-state index contributed by atoms with van der Waals surface area (Å²) in [6.45, 7) is 2.01. The SMILES string of the molecule is CCc1nc(N)nc(N)c1-c1ccncc1. The molecule has 16 heavy (non-hydrogen) atoms. The first-order valence-corrected chi connectivity index (χ1v) is 5.04. The highest BCUT2D eigenvalue weighted by Gasteiger charge is 2.11. The van der Waals surface area contributed by atoms with Gasteiger partial charge >= 0.3 is 0 Å². The van der Waals surface area contributed by atoms with E-state index in [0.717, 1.165) is 23.2 Å². The lowest BCUT2D eigenvalue weighted by Crippen LogP contribution is -2.06. The molecule has 0 saturated heterocycles. The van der Waals surface area contributed by atoms with Crippen LogP contribution in [0.4, 0.5) is 11.8 Å². The molecule has 0 unspecified atom stereocenters. The van der Waals surface area contributed by atoms with Crippen molar-refractivity contribution >= 4 is 11.8 Å². The standard InChI is InChI=1S/C11H13N5/c1-2-8-9(7-3-5-14-6-4-7)10(12)16-11(13)15-8/h3-6H,2H2,1H3,(H4,12,13,15,16). The minimum absolute atomic E-state index is 0.215. The van der Waals surface area contributed by atoms with Crippen molar-refractivity contribution in [1.82, 2.24) is 15.0 Å². The number of hydrogen-bond donors (Lipinski definition) is 2. The van der Waals surface area contributed by atoms with Crippen LogP contribution in [0.5, 0.6) is 0 Å². The second kappa shape index (κ2) is 4.14. The lowest BCUT2D eigenvalue weighted by Gasteiger charge is -2.10. The number of hydrogen-bond acceptors (Lipinski definition) is 5. The van der Waals surface area contributed by atoms with Crippen LogP contribution in [0.2, 0.25) is 0 Å². The minimum atomic E-state index is 0.215. The summed E-state index contributed by atoms with van der Waals surface area (Å²) in [5.74, 6) is 0.628. The quantitative estimate of drug-likeness (QED) is 0.787. The predicted molar refractivity (Wildman–Crippen MR) is 63.5 cm³/mol. The van der Waals surface area contributed by atoms with Gasteiger partial charge in [-0.1, -0.05) is 6.92 Å². The molecule has 2 aromatic heterocycles. The van der Waals surface area contributed by atoms with Gasteiger partial charge in [0, 0.05) is 18.0 Å². The number of nitrogens with zero attached hydrogens (tertiary/aromatic N) is 3. The zero-order valence-corrected chi connectivity index (χ0v) is 9.01. The van der Waals surface area contributed by atoms with E-state index in [2.05, 4.69) is 15.0 Å². The van der Waals surface area contributed by atoms with Crippen molar-refractivity contribution in [3.8, 4) is 11.1 Å². The fraction of sp³-hybridized carbons (Fsp3) is 0.182. The fourth-order valence-corrected chi connectivity index (χ4v) is 1.64. The molecule has 0 radical (unpaired) electrons. The van der Waals surface area contributed by atoms with Crippen LogP contribution in [0, 0.1) is 0 Å². The van der Waals surface area contributed by atoms with E-state index in [1.165, 1.54) is 0 Å². The average Bonchev–Trinajstić information content (AvgIpc) is 2.29. The summed E-state index contributed by atoms with van der Waals surface area (Å²) < 4.78 is 0. The molecular formula is C11H13N5. The maximum absolute atomic E-state index is 5.88.